The van der Waals surface area contributed by atoms with Gasteiger partial charge in [-0.15, -0.1) is 0 Å². The van der Waals surface area contributed by atoms with Gasteiger partial charge in [0, 0.05) is 5.56 Å². The Morgan fingerprint density at radius 1 is 1.33 bits per heavy atom. The largest absolute Gasteiger partial charge is 1.00 e. The third-order valence-electron chi connectivity index (χ3n) is 2.92. The highest BCUT2D eigenvalue weighted by atomic mass is 35.5. The van der Waals surface area contributed by atoms with E-state index in [0.717, 1.165) is 10.6 Å². The number of carbonyl (C=O) groups excluding carboxylic acids is 1. The van der Waals surface area contributed by atoms with Gasteiger partial charge in [-0.25, -0.2) is 5.06 Å². The molecule has 1 aromatic carbocycles. The van der Waals surface area contributed by atoms with Gasteiger partial charge in [0.25, 0.3) is 0 Å². The number of hydrogen-bond acceptors (Lipinski definition) is 5. The Bertz CT molecular complexity index is 676. The van der Waals surface area contributed by atoms with E-state index in [-0.39, 0.29) is 37.2 Å². The summed E-state index contributed by atoms with van der Waals surface area (Å²) in [5, 5.41) is 4.43. The second-order valence-electron chi connectivity index (χ2n) is 4.48. The zero-order chi connectivity index (χ0) is 17.0. The SMILES string of the molecule is CON(Cc1ccc(-c2noc(C(F)(F)F)n2)cc1)C(=O)C[NH3+].[Cl-]. The van der Waals surface area contributed by atoms with E-state index in [2.05, 4.69) is 20.4 Å². The Kier molecular flexibility index (Phi) is 6.70. The summed E-state index contributed by atoms with van der Waals surface area (Å²) in [6.07, 6.45) is -4.68. The Morgan fingerprint density at radius 3 is 2.42 bits per heavy atom. The number of alkyl halides is 3. The van der Waals surface area contributed by atoms with Crippen molar-refractivity contribution in [3.63, 3.8) is 0 Å². The number of quaternary nitrogens is 1. The van der Waals surface area contributed by atoms with Gasteiger partial charge >= 0.3 is 18.0 Å². The van der Waals surface area contributed by atoms with Crippen LogP contribution in [-0.2, 0) is 22.4 Å². The van der Waals surface area contributed by atoms with Crippen LogP contribution in [0.4, 0.5) is 13.2 Å². The fraction of sp³-hybridized carbons (Fsp3) is 0.308. The first-order valence-electron chi connectivity index (χ1n) is 6.49. The van der Waals surface area contributed by atoms with Gasteiger partial charge in [-0.1, -0.05) is 29.4 Å². The van der Waals surface area contributed by atoms with Gasteiger partial charge in [0.2, 0.25) is 5.82 Å². The van der Waals surface area contributed by atoms with Crippen LogP contribution in [0.15, 0.2) is 28.8 Å². The Balaban J connectivity index is 0.00000288. The molecule has 0 fully saturated rings. The van der Waals surface area contributed by atoms with Gasteiger partial charge in [-0.3, -0.25) is 9.63 Å². The molecule has 1 aromatic heterocycles. The normalized spacial score (nSPS) is 11.0. The Labute approximate surface area is 140 Å². The first-order chi connectivity index (χ1) is 10.8. The predicted molar refractivity (Wildman–Crippen MR) is 70.1 cm³/mol. The number of hydroxylamine groups is 2. The van der Waals surface area contributed by atoms with Crippen LogP contribution in [0.1, 0.15) is 11.5 Å². The molecule has 0 saturated carbocycles. The van der Waals surface area contributed by atoms with Gasteiger partial charge in [-0.05, 0) is 5.56 Å². The molecule has 1 heterocycles. The molecule has 24 heavy (non-hydrogen) atoms. The van der Waals surface area contributed by atoms with Gasteiger partial charge in [-0.2, -0.15) is 18.2 Å². The molecular weight excluding hydrogens is 353 g/mol. The maximum atomic E-state index is 12.4. The topological polar surface area (TPSA) is 96.1 Å². The zero-order valence-electron chi connectivity index (χ0n) is 12.5. The van der Waals surface area contributed by atoms with E-state index >= 15 is 0 Å². The minimum Gasteiger partial charge on any atom is -1.00 e. The summed E-state index contributed by atoms with van der Waals surface area (Å²) >= 11 is 0. The number of amides is 1. The van der Waals surface area contributed by atoms with Crippen LogP contribution in [0.5, 0.6) is 0 Å². The van der Waals surface area contributed by atoms with Crippen molar-refractivity contribution in [3.05, 3.63) is 35.7 Å². The average Bonchev–Trinajstić information content (AvgIpc) is 3.02. The number of benzene rings is 1. The lowest BCUT2D eigenvalue weighted by Crippen LogP contribution is -3.00. The molecule has 0 aliphatic carbocycles. The third-order valence-corrected chi connectivity index (χ3v) is 2.92. The molecule has 0 radical (unpaired) electrons. The summed E-state index contributed by atoms with van der Waals surface area (Å²) in [6.45, 7) is 0.236. The number of nitrogens with zero attached hydrogens (tertiary/aromatic N) is 3. The van der Waals surface area contributed by atoms with E-state index < -0.39 is 12.1 Å². The molecule has 0 saturated heterocycles. The maximum absolute atomic E-state index is 12.4. The molecule has 1 amide bonds. The number of aromatic nitrogens is 2. The highest BCUT2D eigenvalue weighted by Gasteiger charge is 2.38. The third kappa shape index (κ3) is 4.66. The molecule has 2 rings (SSSR count). The van der Waals surface area contributed by atoms with Gasteiger partial charge in [0.1, 0.15) is 0 Å². The molecular formula is C13H14ClF3N4O3. The van der Waals surface area contributed by atoms with E-state index in [9.17, 15) is 18.0 Å². The van der Waals surface area contributed by atoms with Crippen molar-refractivity contribution in [1.82, 2.24) is 15.2 Å². The number of carbonyl (C=O) groups is 1. The van der Waals surface area contributed by atoms with Crippen LogP contribution in [0.2, 0.25) is 0 Å². The summed E-state index contributed by atoms with van der Waals surface area (Å²) < 4.78 is 41.4. The van der Waals surface area contributed by atoms with E-state index in [4.69, 9.17) is 4.84 Å². The molecule has 0 aliphatic heterocycles. The first kappa shape index (κ1) is 19.9. The molecule has 3 N–H and O–H groups in total. The van der Waals surface area contributed by atoms with Crippen LogP contribution >= 0.6 is 0 Å². The summed E-state index contributed by atoms with van der Waals surface area (Å²) in [5.74, 6) is -1.85. The lowest BCUT2D eigenvalue weighted by atomic mass is 10.1. The standard InChI is InChI=1S/C13H13F3N4O3.ClH/c1-22-20(10(21)6-17)7-8-2-4-9(5-3-8)11-18-12(23-19-11)13(14,15)16;/h2-5H,6-7,17H2,1H3;1H. The molecule has 132 valence electrons. The monoisotopic (exact) mass is 366 g/mol. The van der Waals surface area contributed by atoms with Crippen LogP contribution in [0.3, 0.4) is 0 Å². The second kappa shape index (κ2) is 8.08. The van der Waals surface area contributed by atoms with E-state index in [1.807, 2.05) is 0 Å². The van der Waals surface area contributed by atoms with Gasteiger partial charge < -0.3 is 22.7 Å². The van der Waals surface area contributed by atoms with Crippen LogP contribution < -0.4 is 18.1 Å². The predicted octanol–water partition coefficient (Wildman–Crippen LogP) is -2.11. The minimum atomic E-state index is -4.68. The second-order valence-corrected chi connectivity index (χ2v) is 4.48. The summed E-state index contributed by atoms with van der Waals surface area (Å²) in [7, 11) is 1.36. The van der Waals surface area contributed by atoms with Crippen molar-refractivity contribution in [1.29, 1.82) is 0 Å². The van der Waals surface area contributed by atoms with Crippen molar-refractivity contribution >= 4 is 5.91 Å². The van der Waals surface area contributed by atoms with Crippen LogP contribution in [0.25, 0.3) is 11.4 Å². The molecule has 0 atom stereocenters. The highest BCUT2D eigenvalue weighted by molar-refractivity contribution is 5.75. The van der Waals surface area contributed by atoms with E-state index in [0.29, 0.717) is 5.56 Å². The maximum Gasteiger partial charge on any atom is 0.471 e. The van der Waals surface area contributed by atoms with Crippen LogP contribution in [-0.4, -0.2) is 34.8 Å². The highest BCUT2D eigenvalue weighted by Crippen LogP contribution is 2.29. The van der Waals surface area contributed by atoms with E-state index in [1.165, 1.54) is 19.2 Å². The lowest BCUT2D eigenvalue weighted by Gasteiger charge is -2.17. The van der Waals surface area contributed by atoms with Crippen molar-refractivity contribution in [2.24, 2.45) is 0 Å². The van der Waals surface area contributed by atoms with Crippen LogP contribution in [0, 0.1) is 0 Å². The minimum absolute atomic E-state index is 0. The van der Waals surface area contributed by atoms with E-state index in [1.54, 1.807) is 12.1 Å². The molecule has 0 aliphatic rings. The molecule has 2 aromatic rings. The van der Waals surface area contributed by atoms with Crippen molar-refractivity contribution in [2.45, 2.75) is 12.7 Å². The lowest BCUT2D eigenvalue weighted by molar-refractivity contribution is -0.361. The first-order valence-corrected chi connectivity index (χ1v) is 6.49. The van der Waals surface area contributed by atoms with Crippen molar-refractivity contribution < 1.29 is 45.5 Å². The molecule has 0 spiro atoms. The molecule has 0 unspecified atom stereocenters. The zero-order valence-corrected chi connectivity index (χ0v) is 13.3. The Hall–Kier alpha value is -2.17. The number of halogens is 4. The molecule has 11 heteroatoms. The summed E-state index contributed by atoms with van der Waals surface area (Å²) in [6, 6.07) is 6.31. The van der Waals surface area contributed by atoms with Gasteiger partial charge in [0.15, 0.2) is 6.54 Å². The summed E-state index contributed by atoms with van der Waals surface area (Å²) in [4.78, 5) is 19.8. The number of rotatable bonds is 5. The van der Waals surface area contributed by atoms with Crippen molar-refractivity contribution in [3.8, 4) is 11.4 Å². The fourth-order valence-corrected chi connectivity index (χ4v) is 1.76. The average molecular weight is 367 g/mol. The van der Waals surface area contributed by atoms with Gasteiger partial charge in [0.05, 0.1) is 13.7 Å². The summed E-state index contributed by atoms with van der Waals surface area (Å²) in [5.41, 5.74) is 4.56. The number of hydrogen-bond donors (Lipinski definition) is 1. The quantitative estimate of drug-likeness (QED) is 0.611. The Morgan fingerprint density at radius 2 is 1.96 bits per heavy atom. The van der Waals surface area contributed by atoms with Crippen molar-refractivity contribution in [2.75, 3.05) is 13.7 Å². The smallest absolute Gasteiger partial charge is 0.471 e. The fourth-order valence-electron chi connectivity index (χ4n) is 1.76. The molecule has 7 nitrogen and oxygen atoms in total. The molecule has 0 bridgehead atoms.